The first-order valence-electron chi connectivity index (χ1n) is 9.66. The van der Waals surface area contributed by atoms with Crippen molar-refractivity contribution in [1.82, 2.24) is 9.97 Å². The number of para-hydroxylation sites is 1. The Morgan fingerprint density at radius 3 is 2.62 bits per heavy atom. The number of rotatable bonds is 7. The zero-order valence-electron chi connectivity index (χ0n) is 16.2. The summed E-state index contributed by atoms with van der Waals surface area (Å²) in [6.07, 6.45) is 4.38. The average Bonchev–Trinajstić information content (AvgIpc) is 3.14. The topological polar surface area (TPSA) is 64.2 Å². The molecule has 0 fully saturated rings. The maximum Gasteiger partial charge on any atom is 0.338 e. The van der Waals surface area contributed by atoms with Gasteiger partial charge in [0.15, 0.2) is 0 Å². The van der Waals surface area contributed by atoms with Crippen molar-refractivity contribution in [3.05, 3.63) is 84.2 Å². The van der Waals surface area contributed by atoms with Crippen LogP contribution in [-0.2, 0) is 11.2 Å². The van der Waals surface area contributed by atoms with E-state index in [2.05, 4.69) is 28.2 Å². The number of esters is 1. The zero-order chi connectivity index (χ0) is 20.1. The molecule has 5 heteroatoms. The lowest BCUT2D eigenvalue weighted by Crippen LogP contribution is -2.05. The predicted molar refractivity (Wildman–Crippen MR) is 113 cm³/mol. The summed E-state index contributed by atoms with van der Waals surface area (Å²) in [6, 6.07) is 19.3. The third-order valence-corrected chi connectivity index (χ3v) is 4.75. The van der Waals surface area contributed by atoms with Gasteiger partial charge < -0.3 is 14.5 Å². The van der Waals surface area contributed by atoms with Crippen LogP contribution in [-0.4, -0.2) is 29.2 Å². The third kappa shape index (κ3) is 4.14. The van der Waals surface area contributed by atoms with Crippen molar-refractivity contribution in [1.29, 1.82) is 0 Å². The molecule has 2 aromatic heterocycles. The summed E-state index contributed by atoms with van der Waals surface area (Å²) in [5.74, 6) is 0.403. The summed E-state index contributed by atoms with van der Waals surface area (Å²) in [5.41, 5.74) is 4.95. The molecule has 0 saturated carbocycles. The SMILES string of the molecule is CCOC(=O)c1ccc(OCCc2c(-c3cccnc3)[nH]c3ccccc23)cc1. The lowest BCUT2D eigenvalue weighted by Gasteiger charge is -2.09. The van der Waals surface area contributed by atoms with Crippen molar-refractivity contribution in [2.24, 2.45) is 0 Å². The second kappa shape index (κ2) is 8.61. The van der Waals surface area contributed by atoms with Gasteiger partial charge in [0.25, 0.3) is 0 Å². The number of nitrogens with zero attached hydrogens (tertiary/aromatic N) is 1. The smallest absolute Gasteiger partial charge is 0.338 e. The first-order chi connectivity index (χ1) is 14.3. The Hall–Kier alpha value is -3.60. The quantitative estimate of drug-likeness (QED) is 0.453. The lowest BCUT2D eigenvalue weighted by molar-refractivity contribution is 0.0526. The standard InChI is InChI=1S/C24H22N2O3/c1-2-28-24(27)17-9-11-19(12-10-17)29-15-13-21-20-7-3-4-8-22(20)26-23(21)18-6-5-14-25-16-18/h3-12,14,16,26H,2,13,15H2,1H3. The Kier molecular flexibility index (Phi) is 5.56. The number of benzene rings is 2. The first-order valence-corrected chi connectivity index (χ1v) is 9.66. The molecule has 4 rings (SSSR count). The van der Waals surface area contributed by atoms with Gasteiger partial charge >= 0.3 is 5.97 Å². The molecule has 2 aromatic carbocycles. The van der Waals surface area contributed by atoms with Gasteiger partial charge in [-0.2, -0.15) is 0 Å². The van der Waals surface area contributed by atoms with Crippen LogP contribution in [0.3, 0.4) is 0 Å². The summed E-state index contributed by atoms with van der Waals surface area (Å²) in [5, 5.41) is 1.19. The average molecular weight is 386 g/mol. The van der Waals surface area contributed by atoms with E-state index in [1.54, 1.807) is 37.4 Å². The minimum Gasteiger partial charge on any atom is -0.493 e. The maximum absolute atomic E-state index is 11.8. The van der Waals surface area contributed by atoms with E-state index >= 15 is 0 Å². The largest absolute Gasteiger partial charge is 0.493 e. The molecule has 5 nitrogen and oxygen atoms in total. The molecule has 0 amide bonds. The summed E-state index contributed by atoms with van der Waals surface area (Å²) in [4.78, 5) is 19.5. The zero-order valence-corrected chi connectivity index (χ0v) is 16.2. The van der Waals surface area contributed by atoms with Crippen molar-refractivity contribution in [2.45, 2.75) is 13.3 Å². The number of carbonyl (C=O) groups excluding carboxylic acids is 1. The molecule has 0 saturated heterocycles. The third-order valence-electron chi connectivity index (χ3n) is 4.75. The number of hydrogen-bond acceptors (Lipinski definition) is 4. The minimum absolute atomic E-state index is 0.320. The van der Waals surface area contributed by atoms with Crippen LogP contribution in [0.2, 0.25) is 0 Å². The van der Waals surface area contributed by atoms with Gasteiger partial charge in [0.2, 0.25) is 0 Å². The molecule has 0 spiro atoms. The molecule has 0 atom stereocenters. The van der Waals surface area contributed by atoms with Crippen LogP contribution in [0.4, 0.5) is 0 Å². The summed E-state index contributed by atoms with van der Waals surface area (Å²) in [7, 11) is 0. The number of H-pyrrole nitrogens is 1. The second-order valence-electron chi connectivity index (χ2n) is 6.61. The van der Waals surface area contributed by atoms with E-state index in [0.29, 0.717) is 18.8 Å². The van der Waals surface area contributed by atoms with E-state index in [9.17, 15) is 4.79 Å². The molecular weight excluding hydrogens is 364 g/mol. The number of aromatic amines is 1. The van der Waals surface area contributed by atoms with E-state index in [1.165, 1.54) is 10.9 Å². The highest BCUT2D eigenvalue weighted by Crippen LogP contribution is 2.30. The summed E-state index contributed by atoms with van der Waals surface area (Å²) >= 11 is 0. The molecule has 0 radical (unpaired) electrons. The normalized spacial score (nSPS) is 10.8. The molecule has 0 unspecified atom stereocenters. The molecule has 29 heavy (non-hydrogen) atoms. The van der Waals surface area contributed by atoms with E-state index in [1.807, 2.05) is 24.4 Å². The molecule has 0 aliphatic carbocycles. The number of ether oxygens (including phenoxy) is 2. The summed E-state index contributed by atoms with van der Waals surface area (Å²) < 4.78 is 10.9. The van der Waals surface area contributed by atoms with Crippen molar-refractivity contribution in [3.8, 4) is 17.0 Å². The fourth-order valence-electron chi connectivity index (χ4n) is 3.39. The van der Waals surface area contributed by atoms with Gasteiger partial charge in [0.1, 0.15) is 5.75 Å². The summed E-state index contributed by atoms with van der Waals surface area (Å²) in [6.45, 7) is 2.68. The monoisotopic (exact) mass is 386 g/mol. The molecule has 0 aliphatic heterocycles. The van der Waals surface area contributed by atoms with Gasteiger partial charge in [-0.25, -0.2) is 4.79 Å². The fourth-order valence-corrected chi connectivity index (χ4v) is 3.39. The Morgan fingerprint density at radius 1 is 1.03 bits per heavy atom. The van der Waals surface area contributed by atoms with E-state index in [0.717, 1.165) is 28.9 Å². The second-order valence-corrected chi connectivity index (χ2v) is 6.61. The van der Waals surface area contributed by atoms with Gasteiger partial charge in [0.05, 0.1) is 24.5 Å². The minimum atomic E-state index is -0.320. The van der Waals surface area contributed by atoms with Crippen molar-refractivity contribution in [3.63, 3.8) is 0 Å². The van der Waals surface area contributed by atoms with Gasteiger partial charge in [-0.3, -0.25) is 4.98 Å². The van der Waals surface area contributed by atoms with E-state index < -0.39 is 0 Å². The highest BCUT2D eigenvalue weighted by molar-refractivity contribution is 5.91. The fraction of sp³-hybridized carbons (Fsp3) is 0.167. The van der Waals surface area contributed by atoms with Crippen LogP contribution >= 0.6 is 0 Å². The molecule has 1 N–H and O–H groups in total. The van der Waals surface area contributed by atoms with E-state index in [-0.39, 0.29) is 5.97 Å². The van der Waals surface area contributed by atoms with Gasteiger partial charge in [-0.05, 0) is 55.0 Å². The molecule has 0 bridgehead atoms. The number of nitrogens with one attached hydrogen (secondary N) is 1. The van der Waals surface area contributed by atoms with Crippen LogP contribution in [0, 0.1) is 0 Å². The van der Waals surface area contributed by atoms with E-state index in [4.69, 9.17) is 9.47 Å². The van der Waals surface area contributed by atoms with Crippen LogP contribution in [0.1, 0.15) is 22.8 Å². The van der Waals surface area contributed by atoms with Crippen molar-refractivity contribution >= 4 is 16.9 Å². The van der Waals surface area contributed by atoms with Crippen molar-refractivity contribution in [2.75, 3.05) is 13.2 Å². The Balaban J connectivity index is 1.51. The van der Waals surface area contributed by atoms with Gasteiger partial charge in [-0.1, -0.05) is 18.2 Å². The van der Waals surface area contributed by atoms with Crippen LogP contribution in [0.5, 0.6) is 5.75 Å². The molecule has 0 aliphatic rings. The Labute approximate surface area is 169 Å². The molecular formula is C24H22N2O3. The van der Waals surface area contributed by atoms with Crippen LogP contribution < -0.4 is 4.74 Å². The Morgan fingerprint density at radius 2 is 1.86 bits per heavy atom. The lowest BCUT2D eigenvalue weighted by atomic mass is 10.0. The van der Waals surface area contributed by atoms with Crippen LogP contribution in [0.15, 0.2) is 73.1 Å². The molecule has 4 aromatic rings. The van der Waals surface area contributed by atoms with Crippen LogP contribution in [0.25, 0.3) is 22.2 Å². The van der Waals surface area contributed by atoms with Gasteiger partial charge in [-0.15, -0.1) is 0 Å². The number of aromatic nitrogens is 2. The molecule has 2 heterocycles. The first kappa shape index (κ1) is 18.7. The maximum atomic E-state index is 11.8. The highest BCUT2D eigenvalue weighted by Gasteiger charge is 2.13. The van der Waals surface area contributed by atoms with Crippen molar-refractivity contribution < 1.29 is 14.3 Å². The Bertz CT molecular complexity index is 1100. The highest BCUT2D eigenvalue weighted by atomic mass is 16.5. The molecule has 146 valence electrons. The van der Waals surface area contributed by atoms with Gasteiger partial charge in [0, 0.05) is 35.3 Å². The number of fused-ring (bicyclic) bond motifs is 1. The number of hydrogen-bond donors (Lipinski definition) is 1. The number of carbonyl (C=O) groups is 1. The predicted octanol–water partition coefficient (Wildman–Crippen LogP) is 5.03. The number of pyridine rings is 1.